The fraction of sp³-hybridized carbons (Fsp3) is 0.913. The second-order valence-corrected chi connectivity index (χ2v) is 10.6. The van der Waals surface area contributed by atoms with Crippen LogP contribution < -0.4 is 0 Å². The monoisotopic (exact) mass is 375 g/mol. The van der Waals surface area contributed by atoms with E-state index >= 15 is 0 Å². The van der Waals surface area contributed by atoms with Gasteiger partial charge in [-0.15, -0.1) is 0 Å². The minimum absolute atomic E-state index is 0.122. The Labute approximate surface area is 164 Å². The molecule has 0 spiro atoms. The van der Waals surface area contributed by atoms with Crippen LogP contribution in [0.1, 0.15) is 85.5 Å². The largest absolute Gasteiger partial charge is 0.463 e. The van der Waals surface area contributed by atoms with Crippen LogP contribution in [0.25, 0.3) is 0 Å². The van der Waals surface area contributed by atoms with Crippen molar-refractivity contribution in [2.75, 3.05) is 0 Å². The van der Waals surface area contributed by atoms with E-state index in [4.69, 9.17) is 4.74 Å². The van der Waals surface area contributed by atoms with Gasteiger partial charge >= 0.3 is 5.97 Å². The van der Waals surface area contributed by atoms with Crippen molar-refractivity contribution in [3.8, 4) is 0 Å². The minimum atomic E-state index is -0.122. The molecule has 0 saturated heterocycles. The lowest BCUT2D eigenvalue weighted by Crippen LogP contribution is -2.54. The van der Waals surface area contributed by atoms with E-state index in [-0.39, 0.29) is 12.1 Å². The van der Waals surface area contributed by atoms with Gasteiger partial charge in [0.25, 0.3) is 0 Å². The molecule has 1 N–H and O–H groups in total. The highest BCUT2D eigenvalue weighted by Crippen LogP contribution is 2.67. The van der Waals surface area contributed by atoms with Gasteiger partial charge in [0.05, 0.1) is 5.71 Å². The summed E-state index contributed by atoms with van der Waals surface area (Å²) in [4.78, 5) is 11.4. The number of nitrogens with zero attached hydrogens (tertiary/aromatic N) is 1. The molecule has 0 heterocycles. The molecule has 0 radical (unpaired) electrons. The summed E-state index contributed by atoms with van der Waals surface area (Å²) in [7, 11) is 0. The standard InChI is InChI=1S/C23H37NO3/c1-14(24-26)19-7-8-20-18-6-5-16-13-17(27-15(2)25)9-11-22(16,3)21(18)10-12-23(19,20)4/h16-21,26H,5-13H2,1-4H3/b24-14+/t16-,17-,18+,19+,20-,21+,22-,23+/m0/s1. The van der Waals surface area contributed by atoms with Gasteiger partial charge < -0.3 is 9.94 Å². The van der Waals surface area contributed by atoms with E-state index in [2.05, 4.69) is 19.0 Å². The van der Waals surface area contributed by atoms with Gasteiger partial charge in [-0.3, -0.25) is 4.79 Å². The Bertz CT molecular complexity index is 631. The molecule has 4 saturated carbocycles. The molecule has 4 fully saturated rings. The number of carbonyl (C=O) groups is 1. The van der Waals surface area contributed by atoms with Gasteiger partial charge in [0, 0.05) is 12.8 Å². The molecule has 0 aromatic rings. The second-order valence-electron chi connectivity index (χ2n) is 10.6. The summed E-state index contributed by atoms with van der Waals surface area (Å²) in [6.07, 6.45) is 11.2. The van der Waals surface area contributed by atoms with Crippen molar-refractivity contribution in [3.05, 3.63) is 0 Å². The van der Waals surface area contributed by atoms with E-state index in [0.29, 0.717) is 22.7 Å². The van der Waals surface area contributed by atoms with Crippen LogP contribution in [-0.4, -0.2) is 23.0 Å². The zero-order valence-electron chi connectivity index (χ0n) is 17.5. The van der Waals surface area contributed by atoms with Gasteiger partial charge in [0.2, 0.25) is 0 Å². The van der Waals surface area contributed by atoms with E-state index in [1.165, 1.54) is 44.9 Å². The van der Waals surface area contributed by atoms with E-state index in [1.54, 1.807) is 6.92 Å². The first-order valence-electron chi connectivity index (χ1n) is 11.2. The Kier molecular flexibility index (Phi) is 4.83. The van der Waals surface area contributed by atoms with Crippen LogP contribution in [-0.2, 0) is 9.53 Å². The maximum Gasteiger partial charge on any atom is 0.302 e. The summed E-state index contributed by atoms with van der Waals surface area (Å²) in [5, 5.41) is 13.0. The van der Waals surface area contributed by atoms with Crippen molar-refractivity contribution in [2.45, 2.75) is 91.6 Å². The van der Waals surface area contributed by atoms with E-state index in [1.807, 2.05) is 6.92 Å². The topological polar surface area (TPSA) is 58.9 Å². The maximum atomic E-state index is 11.4. The smallest absolute Gasteiger partial charge is 0.302 e. The molecule has 0 aromatic carbocycles. The summed E-state index contributed by atoms with van der Waals surface area (Å²) >= 11 is 0. The molecule has 4 aliphatic carbocycles. The quantitative estimate of drug-likeness (QED) is 0.303. The molecule has 0 amide bonds. The fourth-order valence-electron chi connectivity index (χ4n) is 8.32. The van der Waals surface area contributed by atoms with E-state index in [0.717, 1.165) is 36.3 Å². The Balaban J connectivity index is 1.54. The molecule has 27 heavy (non-hydrogen) atoms. The van der Waals surface area contributed by atoms with Crippen LogP contribution in [0, 0.1) is 40.4 Å². The van der Waals surface area contributed by atoms with Gasteiger partial charge in [0.1, 0.15) is 6.10 Å². The molecule has 4 rings (SSSR count). The van der Waals surface area contributed by atoms with Crippen LogP contribution in [0.4, 0.5) is 0 Å². The highest BCUT2D eigenvalue weighted by molar-refractivity contribution is 5.84. The molecule has 152 valence electrons. The zero-order valence-corrected chi connectivity index (χ0v) is 17.5. The number of rotatable bonds is 2. The maximum absolute atomic E-state index is 11.4. The third kappa shape index (κ3) is 2.93. The van der Waals surface area contributed by atoms with Gasteiger partial charge in [-0.1, -0.05) is 19.0 Å². The highest BCUT2D eigenvalue weighted by Gasteiger charge is 2.60. The summed E-state index contributed by atoms with van der Waals surface area (Å²) in [5.74, 6) is 3.47. The molecule has 0 aromatic heterocycles. The van der Waals surface area contributed by atoms with Gasteiger partial charge in [-0.25, -0.2) is 0 Å². The Hall–Kier alpha value is -1.06. The zero-order chi connectivity index (χ0) is 19.4. The van der Waals surface area contributed by atoms with Gasteiger partial charge in [-0.05, 0) is 99.2 Å². The lowest BCUT2D eigenvalue weighted by atomic mass is 9.44. The Morgan fingerprint density at radius 1 is 0.963 bits per heavy atom. The van der Waals surface area contributed by atoms with Crippen molar-refractivity contribution < 1.29 is 14.7 Å². The fourth-order valence-corrected chi connectivity index (χ4v) is 8.32. The second kappa shape index (κ2) is 6.77. The highest BCUT2D eigenvalue weighted by atomic mass is 16.5. The number of hydrogen-bond acceptors (Lipinski definition) is 4. The van der Waals surface area contributed by atoms with Crippen LogP contribution in [0.5, 0.6) is 0 Å². The van der Waals surface area contributed by atoms with Crippen LogP contribution >= 0.6 is 0 Å². The molecule has 0 bridgehead atoms. The van der Waals surface area contributed by atoms with Gasteiger partial charge in [0.15, 0.2) is 0 Å². The molecule has 4 heteroatoms. The molecule has 4 aliphatic rings. The number of oxime groups is 1. The number of esters is 1. The van der Waals surface area contributed by atoms with Crippen LogP contribution in [0.3, 0.4) is 0 Å². The lowest BCUT2D eigenvalue weighted by Gasteiger charge is -2.61. The summed E-state index contributed by atoms with van der Waals surface area (Å²) in [5.41, 5.74) is 1.68. The number of fused-ring (bicyclic) bond motifs is 5. The van der Waals surface area contributed by atoms with E-state index < -0.39 is 0 Å². The SMILES string of the molecule is CC(=O)O[C@H]1CC[C@@]2(C)[C@@H](CC[C@H]3[C@H]2CC[C@]2(C)[C@@H](/C(C)=N/O)CC[C@@H]32)C1. The van der Waals surface area contributed by atoms with Crippen molar-refractivity contribution in [3.63, 3.8) is 0 Å². The molecule has 0 aliphatic heterocycles. The van der Waals surface area contributed by atoms with E-state index in [9.17, 15) is 10.0 Å². The van der Waals surface area contributed by atoms with Crippen LogP contribution in [0.15, 0.2) is 5.16 Å². The first-order chi connectivity index (χ1) is 12.8. The third-order valence-corrected chi connectivity index (χ3v) is 9.61. The summed E-state index contributed by atoms with van der Waals surface area (Å²) < 4.78 is 5.58. The normalized spacial score (nSPS) is 49.7. The first-order valence-corrected chi connectivity index (χ1v) is 11.2. The molecular formula is C23H37NO3. The minimum Gasteiger partial charge on any atom is -0.463 e. The van der Waals surface area contributed by atoms with Gasteiger partial charge in [-0.2, -0.15) is 0 Å². The predicted molar refractivity (Wildman–Crippen MR) is 106 cm³/mol. The Morgan fingerprint density at radius 2 is 1.67 bits per heavy atom. The number of ether oxygens (including phenoxy) is 1. The van der Waals surface area contributed by atoms with Crippen LogP contribution in [0.2, 0.25) is 0 Å². The average Bonchev–Trinajstić information content (AvgIpc) is 2.98. The third-order valence-electron chi connectivity index (χ3n) is 9.61. The number of carbonyl (C=O) groups excluding carboxylic acids is 1. The predicted octanol–water partition coefficient (Wildman–Crippen LogP) is 5.43. The first kappa shape index (κ1) is 19.3. The van der Waals surface area contributed by atoms with Crippen molar-refractivity contribution in [2.24, 2.45) is 45.6 Å². The van der Waals surface area contributed by atoms with Crippen molar-refractivity contribution >= 4 is 11.7 Å². The van der Waals surface area contributed by atoms with Crippen molar-refractivity contribution in [1.29, 1.82) is 0 Å². The lowest BCUT2D eigenvalue weighted by molar-refractivity contribution is -0.159. The average molecular weight is 376 g/mol. The van der Waals surface area contributed by atoms with Crippen molar-refractivity contribution in [1.82, 2.24) is 0 Å². The molecule has 8 atom stereocenters. The number of hydrogen-bond donors (Lipinski definition) is 1. The Morgan fingerprint density at radius 3 is 2.37 bits per heavy atom. The molecule has 0 unspecified atom stereocenters. The summed E-state index contributed by atoms with van der Waals surface area (Å²) in [6.45, 7) is 8.58. The molecular weight excluding hydrogens is 338 g/mol. The summed E-state index contributed by atoms with van der Waals surface area (Å²) in [6, 6.07) is 0. The molecule has 4 nitrogen and oxygen atoms in total.